The molecular formula is C19H19ClO3. The SMILES string of the molecule is Clc1ccc(Oc2ccc(OCC3CC4CCC3O4)cc2)cc1. The third-order valence-electron chi connectivity index (χ3n) is 4.57. The van der Waals surface area contributed by atoms with Crippen molar-refractivity contribution in [2.24, 2.45) is 5.92 Å². The fourth-order valence-electron chi connectivity index (χ4n) is 3.36. The van der Waals surface area contributed by atoms with Gasteiger partial charge in [0.15, 0.2) is 0 Å². The predicted molar refractivity (Wildman–Crippen MR) is 89.5 cm³/mol. The summed E-state index contributed by atoms with van der Waals surface area (Å²) in [6.07, 6.45) is 4.43. The summed E-state index contributed by atoms with van der Waals surface area (Å²) >= 11 is 5.87. The van der Waals surface area contributed by atoms with E-state index in [2.05, 4.69) is 0 Å². The van der Waals surface area contributed by atoms with Crippen LogP contribution in [-0.4, -0.2) is 18.8 Å². The van der Waals surface area contributed by atoms with Crippen LogP contribution in [0.15, 0.2) is 48.5 Å². The topological polar surface area (TPSA) is 27.7 Å². The van der Waals surface area contributed by atoms with E-state index in [0.717, 1.165) is 30.3 Å². The van der Waals surface area contributed by atoms with Crippen LogP contribution in [-0.2, 0) is 4.74 Å². The van der Waals surface area contributed by atoms with Crippen LogP contribution in [0.2, 0.25) is 5.02 Å². The van der Waals surface area contributed by atoms with E-state index in [1.807, 2.05) is 48.5 Å². The maximum absolute atomic E-state index is 5.91. The molecule has 120 valence electrons. The van der Waals surface area contributed by atoms with E-state index in [1.54, 1.807) is 0 Å². The molecule has 3 unspecified atom stereocenters. The average molecular weight is 331 g/mol. The van der Waals surface area contributed by atoms with E-state index in [4.69, 9.17) is 25.8 Å². The van der Waals surface area contributed by atoms with Crippen LogP contribution >= 0.6 is 11.6 Å². The molecule has 0 saturated carbocycles. The van der Waals surface area contributed by atoms with Gasteiger partial charge in [-0.05, 0) is 67.8 Å². The monoisotopic (exact) mass is 330 g/mol. The zero-order valence-corrected chi connectivity index (χ0v) is 13.5. The van der Waals surface area contributed by atoms with Crippen molar-refractivity contribution in [3.05, 3.63) is 53.6 Å². The summed E-state index contributed by atoms with van der Waals surface area (Å²) in [7, 11) is 0. The molecule has 4 heteroatoms. The van der Waals surface area contributed by atoms with Gasteiger partial charge in [0.25, 0.3) is 0 Å². The van der Waals surface area contributed by atoms with Crippen molar-refractivity contribution in [3.63, 3.8) is 0 Å². The van der Waals surface area contributed by atoms with E-state index in [0.29, 0.717) is 23.1 Å². The Balaban J connectivity index is 1.32. The van der Waals surface area contributed by atoms with Gasteiger partial charge in [-0.1, -0.05) is 11.6 Å². The Morgan fingerprint density at radius 2 is 1.57 bits per heavy atom. The van der Waals surface area contributed by atoms with Crippen LogP contribution in [0.1, 0.15) is 19.3 Å². The quantitative estimate of drug-likeness (QED) is 0.765. The summed E-state index contributed by atoms with van der Waals surface area (Å²) in [5.74, 6) is 2.96. The van der Waals surface area contributed by atoms with Gasteiger partial charge in [-0.2, -0.15) is 0 Å². The summed E-state index contributed by atoms with van der Waals surface area (Å²) in [6.45, 7) is 0.735. The normalized spacial score (nSPS) is 25.5. The number of benzene rings is 2. The molecule has 2 heterocycles. The summed E-state index contributed by atoms with van der Waals surface area (Å²) in [4.78, 5) is 0. The number of fused-ring (bicyclic) bond motifs is 2. The Morgan fingerprint density at radius 3 is 2.17 bits per heavy atom. The minimum atomic E-state index is 0.410. The molecular weight excluding hydrogens is 312 g/mol. The molecule has 4 rings (SSSR count). The second-order valence-corrected chi connectivity index (χ2v) is 6.64. The second-order valence-electron chi connectivity index (χ2n) is 6.21. The fourth-order valence-corrected chi connectivity index (χ4v) is 3.49. The zero-order chi connectivity index (χ0) is 15.6. The van der Waals surface area contributed by atoms with Crippen LogP contribution in [0.5, 0.6) is 17.2 Å². The van der Waals surface area contributed by atoms with Crippen molar-refractivity contribution >= 4 is 11.6 Å². The smallest absolute Gasteiger partial charge is 0.127 e. The van der Waals surface area contributed by atoms with Crippen LogP contribution < -0.4 is 9.47 Å². The molecule has 2 aliphatic heterocycles. The van der Waals surface area contributed by atoms with Gasteiger partial charge >= 0.3 is 0 Å². The van der Waals surface area contributed by atoms with Crippen LogP contribution in [0.25, 0.3) is 0 Å². The third-order valence-corrected chi connectivity index (χ3v) is 4.82. The predicted octanol–water partition coefficient (Wildman–Crippen LogP) is 5.08. The minimum Gasteiger partial charge on any atom is -0.493 e. The molecule has 23 heavy (non-hydrogen) atoms. The second kappa shape index (κ2) is 6.42. The van der Waals surface area contributed by atoms with E-state index in [1.165, 1.54) is 12.8 Å². The highest BCUT2D eigenvalue weighted by atomic mass is 35.5. The molecule has 0 aliphatic carbocycles. The van der Waals surface area contributed by atoms with E-state index >= 15 is 0 Å². The summed E-state index contributed by atoms with van der Waals surface area (Å²) in [6, 6.07) is 15.0. The van der Waals surface area contributed by atoms with Crippen LogP contribution in [0.4, 0.5) is 0 Å². The number of ether oxygens (including phenoxy) is 3. The maximum atomic E-state index is 5.91. The first-order valence-electron chi connectivity index (χ1n) is 8.08. The lowest BCUT2D eigenvalue weighted by atomic mass is 9.90. The van der Waals surface area contributed by atoms with Crippen LogP contribution in [0, 0.1) is 5.92 Å². The highest BCUT2D eigenvalue weighted by Crippen LogP contribution is 2.39. The van der Waals surface area contributed by atoms with Gasteiger partial charge in [-0.15, -0.1) is 0 Å². The standard InChI is InChI=1S/C19H19ClO3/c20-14-1-3-16(4-2-14)22-17-7-5-15(6-8-17)21-12-13-11-18-9-10-19(13)23-18/h1-8,13,18-19H,9-12H2. The summed E-state index contributed by atoms with van der Waals surface area (Å²) in [5, 5.41) is 0.700. The molecule has 2 bridgehead atoms. The lowest BCUT2D eigenvalue weighted by molar-refractivity contribution is 0.0825. The minimum absolute atomic E-state index is 0.410. The molecule has 2 aliphatic rings. The summed E-state index contributed by atoms with van der Waals surface area (Å²) < 4.78 is 17.5. The van der Waals surface area contributed by atoms with E-state index < -0.39 is 0 Å². The van der Waals surface area contributed by atoms with Gasteiger partial charge in [0.2, 0.25) is 0 Å². The Hall–Kier alpha value is -1.71. The number of rotatable bonds is 5. The molecule has 2 fully saturated rings. The van der Waals surface area contributed by atoms with Gasteiger partial charge in [-0.3, -0.25) is 0 Å². The van der Waals surface area contributed by atoms with Gasteiger partial charge in [0.1, 0.15) is 17.2 Å². The van der Waals surface area contributed by atoms with Crippen molar-refractivity contribution in [1.29, 1.82) is 0 Å². The molecule has 0 spiro atoms. The van der Waals surface area contributed by atoms with E-state index in [9.17, 15) is 0 Å². The lowest BCUT2D eigenvalue weighted by Crippen LogP contribution is -2.23. The first kappa shape index (κ1) is 14.9. The first-order chi connectivity index (χ1) is 11.3. The highest BCUT2D eigenvalue weighted by molar-refractivity contribution is 6.30. The lowest BCUT2D eigenvalue weighted by Gasteiger charge is -2.19. The van der Waals surface area contributed by atoms with Gasteiger partial charge < -0.3 is 14.2 Å². The molecule has 3 atom stereocenters. The Kier molecular flexibility index (Phi) is 4.15. The molecule has 0 radical (unpaired) electrons. The Morgan fingerprint density at radius 1 is 0.913 bits per heavy atom. The molecule has 0 aromatic heterocycles. The van der Waals surface area contributed by atoms with Crippen molar-refractivity contribution in [1.82, 2.24) is 0 Å². The number of hydrogen-bond acceptors (Lipinski definition) is 3. The molecule has 0 N–H and O–H groups in total. The Bertz CT molecular complexity index is 653. The van der Waals surface area contributed by atoms with E-state index in [-0.39, 0.29) is 0 Å². The fraction of sp³-hybridized carbons (Fsp3) is 0.368. The first-order valence-corrected chi connectivity index (χ1v) is 8.46. The zero-order valence-electron chi connectivity index (χ0n) is 12.8. The molecule has 2 aromatic rings. The third kappa shape index (κ3) is 3.46. The summed E-state index contributed by atoms with van der Waals surface area (Å²) in [5.41, 5.74) is 0. The molecule has 2 saturated heterocycles. The maximum Gasteiger partial charge on any atom is 0.127 e. The van der Waals surface area contributed by atoms with Gasteiger partial charge in [0.05, 0.1) is 18.8 Å². The number of hydrogen-bond donors (Lipinski definition) is 0. The Labute approximate surface area is 141 Å². The molecule has 3 nitrogen and oxygen atoms in total. The van der Waals surface area contributed by atoms with Crippen molar-refractivity contribution < 1.29 is 14.2 Å². The van der Waals surface area contributed by atoms with Crippen molar-refractivity contribution in [2.45, 2.75) is 31.5 Å². The number of halogens is 1. The highest BCUT2D eigenvalue weighted by Gasteiger charge is 2.40. The van der Waals surface area contributed by atoms with Crippen LogP contribution in [0.3, 0.4) is 0 Å². The van der Waals surface area contributed by atoms with Crippen molar-refractivity contribution in [2.75, 3.05) is 6.61 Å². The largest absolute Gasteiger partial charge is 0.493 e. The molecule has 2 aromatic carbocycles. The molecule has 0 amide bonds. The van der Waals surface area contributed by atoms with Crippen molar-refractivity contribution in [3.8, 4) is 17.2 Å². The average Bonchev–Trinajstić information content (AvgIpc) is 3.19. The van der Waals surface area contributed by atoms with Gasteiger partial charge in [-0.25, -0.2) is 0 Å². The van der Waals surface area contributed by atoms with Gasteiger partial charge in [0, 0.05) is 10.9 Å².